The molecule has 0 saturated carbocycles. The summed E-state index contributed by atoms with van der Waals surface area (Å²) < 4.78 is 95.9. The normalized spacial score (nSPS) is 12.8. The lowest BCUT2D eigenvalue weighted by atomic mass is 10.1. The van der Waals surface area contributed by atoms with Crippen LogP contribution >= 0.6 is 30.4 Å². The van der Waals surface area contributed by atoms with Crippen molar-refractivity contribution in [2.45, 2.75) is 119 Å². The Kier molecular flexibility index (Phi) is 33.0. The minimum absolute atomic E-state index is 0.0382. The summed E-state index contributed by atoms with van der Waals surface area (Å²) in [6.45, 7) is 21.0. The summed E-state index contributed by atoms with van der Waals surface area (Å²) in [5, 5.41) is 64.0. The molecule has 0 saturated heterocycles. The van der Waals surface area contributed by atoms with Gasteiger partial charge in [0.2, 0.25) is 0 Å². The molecule has 0 fully saturated rings. The Bertz CT molecular complexity index is 4520. The molecular weight excluding hydrogens is 1420 g/mol. The number of nitro benzene ring substituents is 4. The van der Waals surface area contributed by atoms with Crippen molar-refractivity contribution in [3.63, 3.8) is 0 Å². The fraction of sp³-hybridized carbons (Fsp3) is 0.361. The molecule has 0 bridgehead atoms. The lowest BCUT2D eigenvalue weighted by Crippen LogP contribution is -2.23. The first kappa shape index (κ1) is 84.4. The number of fused-ring (bicyclic) bond motifs is 4. The van der Waals surface area contributed by atoms with Crippen LogP contribution in [0.25, 0.3) is 43.1 Å². The largest absolute Gasteiger partial charge is 0.366 e. The summed E-state index contributed by atoms with van der Waals surface area (Å²) in [5.41, 5.74) is 1.58. The number of benzene rings is 9. The Morgan fingerprint density at radius 1 is 0.327 bits per heavy atom. The van der Waals surface area contributed by atoms with Gasteiger partial charge in [0.25, 0.3) is 22.7 Å². The van der Waals surface area contributed by atoms with Gasteiger partial charge in [-0.05, 0) is 151 Å². The standard InChI is InChI=1S/C21H23N2O5P.C18H25N2O5P.C17H23N2O5P.C16H21N2O5P/c1-3-27-29(26,28-4-2)21(17-11-6-5-7-12-17)22-19-15-14-16-10-8-9-13-18(16)20(19)23(24)25;1-4-9-17(26(23,24-5-2)25-6-3)19-16-13-12-14-10-7-8-11-15(14)18(16)20(21)22;1-4-16(25(22,23-5-2)24-6-3)18-15-12-11-13-9-7-8-10-14(13)17(15)19(20)21;1-4-22-24(21,23-5-2)12(3)17-15-11-10-13-8-6-7-9-14(13)16(15)18(19)20/h5-15,21-22H,3-4H2,1-2H3;7-8,10-13,17,19H,4-6,9H2,1-3H3;7-12,16,18H,4-6H2,1-3H3;6-12,17H,4-5H2,1-3H3. The van der Waals surface area contributed by atoms with Gasteiger partial charge in [-0.15, -0.1) is 0 Å². The maximum Gasteiger partial charge on any atom is 0.357 e. The molecule has 0 aliphatic carbocycles. The number of nitrogens with one attached hydrogen (secondary N) is 4. The molecule has 560 valence electrons. The van der Waals surface area contributed by atoms with Crippen molar-refractivity contribution in [3.05, 3.63) is 222 Å². The van der Waals surface area contributed by atoms with E-state index in [2.05, 4.69) is 21.3 Å². The molecule has 0 aromatic heterocycles. The fourth-order valence-corrected chi connectivity index (χ4v) is 18.8. The van der Waals surface area contributed by atoms with Gasteiger partial charge in [-0.25, -0.2) is 0 Å². The molecule has 28 nitrogen and oxygen atoms in total. The van der Waals surface area contributed by atoms with E-state index in [0.717, 1.165) is 28.0 Å². The molecule has 0 aliphatic heterocycles. The number of hydrogen-bond donors (Lipinski definition) is 4. The van der Waals surface area contributed by atoms with Gasteiger partial charge >= 0.3 is 30.4 Å². The Labute approximate surface area is 604 Å². The molecule has 9 aromatic rings. The van der Waals surface area contributed by atoms with E-state index in [-0.39, 0.29) is 87.0 Å². The van der Waals surface area contributed by atoms with E-state index >= 15 is 0 Å². The number of anilines is 4. The zero-order valence-electron chi connectivity index (χ0n) is 60.1. The zero-order chi connectivity index (χ0) is 76.2. The lowest BCUT2D eigenvalue weighted by molar-refractivity contribution is -0.382. The van der Waals surface area contributed by atoms with E-state index in [1.165, 1.54) is 0 Å². The number of rotatable bonds is 36. The maximum atomic E-state index is 13.6. The highest BCUT2D eigenvalue weighted by molar-refractivity contribution is 7.55. The molecular formula is C72H92N8O20P4. The van der Waals surface area contributed by atoms with E-state index in [9.17, 15) is 58.7 Å². The highest BCUT2D eigenvalue weighted by atomic mass is 31.2. The average Bonchev–Trinajstić information content (AvgIpc) is 0.814. The molecule has 4 unspecified atom stereocenters. The molecule has 0 heterocycles. The maximum absolute atomic E-state index is 13.6. The number of nitrogens with zero attached hydrogens (tertiary/aromatic N) is 4. The predicted molar refractivity (Wildman–Crippen MR) is 412 cm³/mol. The van der Waals surface area contributed by atoms with E-state index in [0.29, 0.717) is 51.3 Å². The van der Waals surface area contributed by atoms with Crippen LogP contribution in [0.4, 0.5) is 45.5 Å². The van der Waals surface area contributed by atoms with Gasteiger partial charge < -0.3 is 57.5 Å². The van der Waals surface area contributed by atoms with Gasteiger partial charge in [-0.3, -0.25) is 58.7 Å². The van der Waals surface area contributed by atoms with Crippen molar-refractivity contribution < 1.29 is 74.1 Å². The third-order valence-corrected chi connectivity index (χ3v) is 25.2. The molecule has 0 radical (unpaired) electrons. The Balaban J connectivity index is 0.000000218. The Hall–Kier alpha value is -8.58. The molecule has 4 atom stereocenters. The first-order valence-electron chi connectivity index (χ1n) is 34.2. The monoisotopic (exact) mass is 1510 g/mol. The van der Waals surface area contributed by atoms with Crippen LogP contribution in [0.3, 0.4) is 0 Å². The van der Waals surface area contributed by atoms with Crippen molar-refractivity contribution >= 4 is 119 Å². The molecule has 9 rings (SSSR count). The lowest BCUT2D eigenvalue weighted by Gasteiger charge is -2.28. The van der Waals surface area contributed by atoms with Gasteiger partial charge in [0.15, 0.2) is 5.78 Å². The molecule has 0 amide bonds. The first-order chi connectivity index (χ1) is 49.8. The summed E-state index contributed by atoms with van der Waals surface area (Å²) in [7, 11) is -14.0. The predicted octanol–water partition coefficient (Wildman–Crippen LogP) is 21.6. The van der Waals surface area contributed by atoms with Gasteiger partial charge in [0.1, 0.15) is 40.1 Å². The number of nitro groups is 4. The van der Waals surface area contributed by atoms with Gasteiger partial charge in [0.05, 0.1) is 94.1 Å². The van der Waals surface area contributed by atoms with Crippen LogP contribution in [0.5, 0.6) is 0 Å². The van der Waals surface area contributed by atoms with E-state index in [1.807, 2.05) is 62.4 Å². The first-order valence-corrected chi connectivity index (χ1v) is 40.6. The van der Waals surface area contributed by atoms with E-state index in [4.69, 9.17) is 36.2 Å². The third-order valence-electron chi connectivity index (χ3n) is 15.7. The minimum atomic E-state index is -3.66. The molecule has 104 heavy (non-hydrogen) atoms. The van der Waals surface area contributed by atoms with Crippen LogP contribution in [-0.2, 0) is 54.5 Å². The second kappa shape index (κ2) is 40.6. The molecule has 4 N–H and O–H groups in total. The van der Waals surface area contributed by atoms with Crippen molar-refractivity contribution in [3.8, 4) is 0 Å². The highest BCUT2D eigenvalue weighted by Crippen LogP contribution is 2.62. The van der Waals surface area contributed by atoms with Crippen LogP contribution in [-0.4, -0.2) is 89.9 Å². The molecule has 32 heteroatoms. The molecule has 0 aliphatic rings. The quantitative estimate of drug-likeness (QED) is 0.0161. The van der Waals surface area contributed by atoms with Crippen molar-refractivity contribution in [2.24, 2.45) is 0 Å². The SMILES string of the molecule is CCCC(Nc1ccc2ccccc2c1[N+](=O)[O-])P(=O)(OCC)OCC.CCOP(=O)(OCC)C(C)Nc1ccc2ccccc2c1[N+](=O)[O-].CCOP(=O)(OCC)C(CC)Nc1ccc2ccccc2c1[N+](=O)[O-].CCOP(=O)(OCC)C(Nc1ccc2ccccc2c1[N+](=O)[O-])c1ccccc1. The second-order valence-corrected chi connectivity index (χ2v) is 31.5. The Morgan fingerprint density at radius 3 is 0.904 bits per heavy atom. The third kappa shape index (κ3) is 21.6. The fourth-order valence-electron chi connectivity index (χ4n) is 11.4. The highest BCUT2D eigenvalue weighted by Gasteiger charge is 2.41. The van der Waals surface area contributed by atoms with Crippen LogP contribution < -0.4 is 21.3 Å². The van der Waals surface area contributed by atoms with Crippen molar-refractivity contribution in [2.75, 3.05) is 74.1 Å². The summed E-state index contributed by atoms with van der Waals surface area (Å²) in [6.07, 6.45) is 1.66. The van der Waals surface area contributed by atoms with Gasteiger partial charge in [0, 0.05) is 0 Å². The van der Waals surface area contributed by atoms with Crippen LogP contribution in [0.15, 0.2) is 176 Å². The van der Waals surface area contributed by atoms with Gasteiger partial charge in [-0.2, -0.15) is 0 Å². The second-order valence-electron chi connectivity index (χ2n) is 22.6. The molecule has 0 spiro atoms. The topological polar surface area (TPSA) is 363 Å². The zero-order valence-corrected chi connectivity index (χ0v) is 63.7. The molecule has 9 aromatic carbocycles. The average molecular weight is 1510 g/mol. The Morgan fingerprint density at radius 2 is 0.596 bits per heavy atom. The van der Waals surface area contributed by atoms with Crippen molar-refractivity contribution in [1.82, 2.24) is 0 Å². The van der Waals surface area contributed by atoms with E-state index < -0.39 is 73.2 Å². The van der Waals surface area contributed by atoms with Crippen LogP contribution in [0.1, 0.15) is 107 Å². The minimum Gasteiger partial charge on any atom is -0.366 e. The van der Waals surface area contributed by atoms with Crippen LogP contribution in [0.2, 0.25) is 0 Å². The van der Waals surface area contributed by atoms with Crippen molar-refractivity contribution in [1.29, 1.82) is 0 Å². The summed E-state index contributed by atoms with van der Waals surface area (Å²) in [5.74, 6) is -2.96. The van der Waals surface area contributed by atoms with Gasteiger partial charge in [-0.1, -0.05) is 148 Å². The summed E-state index contributed by atoms with van der Waals surface area (Å²) in [6, 6.07) is 51.1. The number of hydrogen-bond acceptors (Lipinski definition) is 24. The van der Waals surface area contributed by atoms with E-state index in [1.54, 1.807) is 190 Å². The van der Waals surface area contributed by atoms with Crippen LogP contribution in [0, 0.1) is 40.5 Å². The summed E-state index contributed by atoms with van der Waals surface area (Å²) >= 11 is 0. The summed E-state index contributed by atoms with van der Waals surface area (Å²) in [4.78, 5) is 45.1. The smallest absolute Gasteiger partial charge is 0.357 e.